The number of aromatic nitrogens is 2. The van der Waals surface area contributed by atoms with E-state index >= 15 is 0 Å². The van der Waals surface area contributed by atoms with Crippen molar-refractivity contribution in [1.82, 2.24) is 14.9 Å². The number of imidazole rings is 1. The molecule has 0 saturated heterocycles. The lowest BCUT2D eigenvalue weighted by Crippen LogP contribution is -2.26. The SMILES string of the molecule is COc1ccc(CCNC(=O)c2cccc3c2nc(-c2ccccc2)n3Cc2ccccc2)cc1OC. The fourth-order valence-corrected chi connectivity index (χ4v) is 4.52. The largest absolute Gasteiger partial charge is 0.493 e. The predicted molar refractivity (Wildman–Crippen MR) is 146 cm³/mol. The Morgan fingerprint density at radius 1 is 0.811 bits per heavy atom. The molecule has 0 atom stereocenters. The zero-order valence-corrected chi connectivity index (χ0v) is 21.0. The van der Waals surface area contributed by atoms with Crippen LogP contribution in [0.3, 0.4) is 0 Å². The van der Waals surface area contributed by atoms with Crippen LogP contribution in [0.5, 0.6) is 11.5 Å². The van der Waals surface area contributed by atoms with Crippen LogP contribution in [0.2, 0.25) is 0 Å². The van der Waals surface area contributed by atoms with E-state index in [1.165, 1.54) is 5.56 Å². The molecule has 0 bridgehead atoms. The quantitative estimate of drug-likeness (QED) is 0.286. The molecule has 1 aromatic heterocycles. The number of rotatable bonds is 9. The molecule has 37 heavy (non-hydrogen) atoms. The van der Waals surface area contributed by atoms with Gasteiger partial charge in [0.15, 0.2) is 11.5 Å². The van der Waals surface area contributed by atoms with Crippen LogP contribution in [0.4, 0.5) is 0 Å². The number of amides is 1. The Morgan fingerprint density at radius 3 is 2.27 bits per heavy atom. The van der Waals surface area contributed by atoms with Crippen LogP contribution in [0.25, 0.3) is 22.4 Å². The number of methoxy groups -OCH3 is 2. The Balaban J connectivity index is 1.42. The molecule has 1 heterocycles. The maximum Gasteiger partial charge on any atom is 0.253 e. The summed E-state index contributed by atoms with van der Waals surface area (Å²) in [6, 6.07) is 32.0. The number of benzene rings is 4. The number of hydrogen-bond acceptors (Lipinski definition) is 4. The van der Waals surface area contributed by atoms with Crippen molar-refractivity contribution >= 4 is 16.9 Å². The first kappa shape index (κ1) is 24.1. The summed E-state index contributed by atoms with van der Waals surface area (Å²) in [5.41, 5.74) is 5.41. The molecule has 0 spiro atoms. The first-order valence-corrected chi connectivity index (χ1v) is 12.3. The van der Waals surface area contributed by atoms with Gasteiger partial charge in [0.25, 0.3) is 5.91 Å². The van der Waals surface area contributed by atoms with Crippen molar-refractivity contribution in [2.24, 2.45) is 0 Å². The summed E-state index contributed by atoms with van der Waals surface area (Å²) in [5.74, 6) is 2.05. The molecular weight excluding hydrogens is 462 g/mol. The fourth-order valence-electron chi connectivity index (χ4n) is 4.52. The number of nitrogens with zero attached hydrogens (tertiary/aromatic N) is 2. The molecule has 0 aliphatic heterocycles. The monoisotopic (exact) mass is 491 g/mol. The summed E-state index contributed by atoms with van der Waals surface area (Å²) < 4.78 is 12.9. The van der Waals surface area contributed by atoms with E-state index in [0.717, 1.165) is 22.5 Å². The van der Waals surface area contributed by atoms with Gasteiger partial charge in [-0.2, -0.15) is 0 Å². The zero-order chi connectivity index (χ0) is 25.6. The van der Waals surface area contributed by atoms with Gasteiger partial charge in [-0.05, 0) is 41.8 Å². The van der Waals surface area contributed by atoms with Gasteiger partial charge < -0.3 is 19.4 Å². The van der Waals surface area contributed by atoms with Gasteiger partial charge in [0, 0.05) is 18.7 Å². The molecule has 0 fully saturated rings. The molecule has 6 heteroatoms. The minimum Gasteiger partial charge on any atom is -0.493 e. The average Bonchev–Trinajstić information content (AvgIpc) is 3.32. The molecule has 0 saturated carbocycles. The topological polar surface area (TPSA) is 65.4 Å². The Hall–Kier alpha value is -4.58. The molecular formula is C31H29N3O3. The summed E-state index contributed by atoms with van der Waals surface area (Å²) in [5, 5.41) is 3.06. The highest BCUT2D eigenvalue weighted by atomic mass is 16.5. The van der Waals surface area contributed by atoms with E-state index in [9.17, 15) is 4.79 Å². The molecule has 0 aliphatic rings. The van der Waals surface area contributed by atoms with Crippen LogP contribution < -0.4 is 14.8 Å². The molecule has 6 nitrogen and oxygen atoms in total. The molecule has 4 aromatic carbocycles. The Morgan fingerprint density at radius 2 is 1.54 bits per heavy atom. The number of para-hydroxylation sites is 1. The summed E-state index contributed by atoms with van der Waals surface area (Å²) in [6.45, 7) is 1.15. The van der Waals surface area contributed by atoms with E-state index in [2.05, 4.69) is 22.0 Å². The second-order valence-corrected chi connectivity index (χ2v) is 8.74. The summed E-state index contributed by atoms with van der Waals surface area (Å²) in [6.07, 6.45) is 0.666. The average molecular weight is 492 g/mol. The lowest BCUT2D eigenvalue weighted by molar-refractivity contribution is 0.0955. The zero-order valence-electron chi connectivity index (χ0n) is 21.0. The smallest absolute Gasteiger partial charge is 0.253 e. The third-order valence-corrected chi connectivity index (χ3v) is 6.39. The second kappa shape index (κ2) is 11.0. The number of carbonyl (C=O) groups excluding carboxylic acids is 1. The molecule has 5 aromatic rings. The van der Waals surface area contributed by atoms with Crippen LogP contribution >= 0.6 is 0 Å². The van der Waals surface area contributed by atoms with Crippen molar-refractivity contribution in [1.29, 1.82) is 0 Å². The summed E-state index contributed by atoms with van der Waals surface area (Å²) in [4.78, 5) is 18.3. The maximum atomic E-state index is 13.3. The second-order valence-electron chi connectivity index (χ2n) is 8.74. The first-order chi connectivity index (χ1) is 18.2. The molecule has 0 unspecified atom stereocenters. The molecule has 1 N–H and O–H groups in total. The number of hydrogen-bond donors (Lipinski definition) is 1. The molecule has 0 radical (unpaired) electrons. The van der Waals surface area contributed by atoms with Gasteiger partial charge in [-0.25, -0.2) is 4.98 Å². The summed E-state index contributed by atoms with van der Waals surface area (Å²) in [7, 11) is 3.23. The van der Waals surface area contributed by atoms with E-state index < -0.39 is 0 Å². The van der Waals surface area contributed by atoms with Gasteiger partial charge in [0.05, 0.1) is 25.3 Å². The van der Waals surface area contributed by atoms with Crippen LogP contribution in [0.15, 0.2) is 97.1 Å². The molecule has 1 amide bonds. The highest BCUT2D eigenvalue weighted by Crippen LogP contribution is 2.29. The number of nitrogens with one attached hydrogen (secondary N) is 1. The van der Waals surface area contributed by atoms with Gasteiger partial charge in [-0.1, -0.05) is 72.8 Å². The summed E-state index contributed by atoms with van der Waals surface area (Å²) >= 11 is 0. The van der Waals surface area contributed by atoms with Crippen molar-refractivity contribution in [2.75, 3.05) is 20.8 Å². The lowest BCUT2D eigenvalue weighted by Gasteiger charge is -2.11. The third-order valence-electron chi connectivity index (χ3n) is 6.39. The lowest BCUT2D eigenvalue weighted by atomic mass is 10.1. The highest BCUT2D eigenvalue weighted by Gasteiger charge is 2.18. The normalized spacial score (nSPS) is 10.9. The third kappa shape index (κ3) is 5.19. The fraction of sp³-hybridized carbons (Fsp3) is 0.161. The number of fused-ring (bicyclic) bond motifs is 1. The van der Waals surface area contributed by atoms with Gasteiger partial charge in [-0.3, -0.25) is 4.79 Å². The van der Waals surface area contributed by atoms with E-state index in [1.807, 2.05) is 84.9 Å². The van der Waals surface area contributed by atoms with Crippen molar-refractivity contribution in [3.8, 4) is 22.9 Å². The molecule has 186 valence electrons. The van der Waals surface area contributed by atoms with Crippen LogP contribution in [0.1, 0.15) is 21.5 Å². The predicted octanol–water partition coefficient (Wildman–Crippen LogP) is 5.74. The first-order valence-electron chi connectivity index (χ1n) is 12.3. The van der Waals surface area contributed by atoms with Crippen LogP contribution in [-0.2, 0) is 13.0 Å². The van der Waals surface area contributed by atoms with Gasteiger partial charge >= 0.3 is 0 Å². The van der Waals surface area contributed by atoms with Gasteiger partial charge in [0.2, 0.25) is 0 Å². The minimum atomic E-state index is -0.143. The minimum absolute atomic E-state index is 0.143. The Labute approximate surface area is 216 Å². The number of ether oxygens (including phenoxy) is 2. The highest BCUT2D eigenvalue weighted by molar-refractivity contribution is 6.05. The van der Waals surface area contributed by atoms with Gasteiger partial charge in [-0.15, -0.1) is 0 Å². The van der Waals surface area contributed by atoms with Crippen molar-refractivity contribution in [2.45, 2.75) is 13.0 Å². The van der Waals surface area contributed by atoms with E-state index in [-0.39, 0.29) is 5.91 Å². The molecule has 0 aliphatic carbocycles. The van der Waals surface area contributed by atoms with Crippen LogP contribution in [-0.4, -0.2) is 36.2 Å². The van der Waals surface area contributed by atoms with E-state index in [0.29, 0.717) is 42.1 Å². The molecule has 5 rings (SSSR count). The maximum absolute atomic E-state index is 13.3. The Bertz CT molecular complexity index is 1510. The van der Waals surface area contributed by atoms with Crippen molar-refractivity contribution in [3.05, 3.63) is 114 Å². The van der Waals surface area contributed by atoms with Crippen LogP contribution in [0, 0.1) is 0 Å². The van der Waals surface area contributed by atoms with Gasteiger partial charge in [0.1, 0.15) is 11.3 Å². The Kier molecular flexibility index (Phi) is 7.17. The van der Waals surface area contributed by atoms with E-state index in [1.54, 1.807) is 14.2 Å². The standard InChI is InChI=1S/C31H29N3O3/c1-36-27-17-16-22(20-28(27)37-2)18-19-32-31(35)25-14-9-15-26-29(25)33-30(24-12-7-4-8-13-24)34(26)21-23-10-5-3-6-11-23/h3-17,20H,18-19,21H2,1-2H3,(H,32,35). The van der Waals surface area contributed by atoms with Crippen molar-refractivity contribution in [3.63, 3.8) is 0 Å². The van der Waals surface area contributed by atoms with Crippen molar-refractivity contribution < 1.29 is 14.3 Å². The number of carbonyl (C=O) groups is 1. The van der Waals surface area contributed by atoms with E-state index in [4.69, 9.17) is 14.5 Å².